The van der Waals surface area contributed by atoms with Gasteiger partial charge in [0.2, 0.25) is 0 Å². The maximum absolute atomic E-state index is 9.01. The van der Waals surface area contributed by atoms with Crippen LogP contribution in [0.1, 0.15) is 22.3 Å². The summed E-state index contributed by atoms with van der Waals surface area (Å²) < 4.78 is 5.33. The van der Waals surface area contributed by atoms with Gasteiger partial charge in [-0.15, -0.1) is 0 Å². The molecule has 21 heavy (non-hydrogen) atoms. The van der Waals surface area contributed by atoms with E-state index in [1.165, 1.54) is 5.56 Å². The summed E-state index contributed by atoms with van der Waals surface area (Å²) in [5, 5.41) is 17.9. The number of nitrogens with zero attached hydrogens (tertiary/aromatic N) is 1. The first kappa shape index (κ1) is 15.4. The molecule has 2 rings (SSSR count). The van der Waals surface area contributed by atoms with Crippen molar-refractivity contribution in [3.8, 4) is 11.8 Å². The molecule has 1 N–H and O–H groups in total. The van der Waals surface area contributed by atoms with Gasteiger partial charge in [-0.1, -0.05) is 30.3 Å². The van der Waals surface area contributed by atoms with Crippen molar-refractivity contribution in [2.75, 3.05) is 7.11 Å². The third-order valence-electron chi connectivity index (χ3n) is 3.15. The molecule has 0 aromatic heterocycles. The first-order valence-electron chi connectivity index (χ1n) is 6.60. The molecule has 4 heteroatoms. The lowest BCUT2D eigenvalue weighted by molar-refractivity contribution is 0.282. The summed E-state index contributed by atoms with van der Waals surface area (Å²) >= 11 is 1.79. The fourth-order valence-electron chi connectivity index (χ4n) is 1.95. The van der Waals surface area contributed by atoms with Gasteiger partial charge in [0.25, 0.3) is 0 Å². The number of hydrogen-bond acceptors (Lipinski definition) is 4. The molecular weight excluding hydrogens is 282 g/mol. The molecule has 0 heterocycles. The number of nitriles is 1. The average Bonchev–Trinajstić information content (AvgIpc) is 2.55. The van der Waals surface area contributed by atoms with Crippen LogP contribution in [0.2, 0.25) is 0 Å². The van der Waals surface area contributed by atoms with E-state index in [2.05, 4.69) is 6.07 Å². The Kier molecular flexibility index (Phi) is 5.68. The number of thioether (sulfide) groups is 1. The first-order valence-corrected chi connectivity index (χ1v) is 7.75. The zero-order valence-electron chi connectivity index (χ0n) is 11.9. The zero-order valence-corrected chi connectivity index (χ0v) is 12.7. The van der Waals surface area contributed by atoms with E-state index in [0.717, 1.165) is 28.4 Å². The van der Waals surface area contributed by atoms with E-state index in [-0.39, 0.29) is 6.61 Å². The van der Waals surface area contributed by atoms with Crippen LogP contribution in [0.15, 0.2) is 42.5 Å². The van der Waals surface area contributed by atoms with Gasteiger partial charge in [0, 0.05) is 17.1 Å². The first-order chi connectivity index (χ1) is 10.3. The average molecular weight is 299 g/mol. The van der Waals surface area contributed by atoms with Crippen molar-refractivity contribution in [3.63, 3.8) is 0 Å². The summed E-state index contributed by atoms with van der Waals surface area (Å²) in [5.41, 5.74) is 3.86. The van der Waals surface area contributed by atoms with Crippen LogP contribution in [0.25, 0.3) is 0 Å². The minimum Gasteiger partial charge on any atom is -0.496 e. The van der Waals surface area contributed by atoms with Crippen LogP contribution in [0.5, 0.6) is 5.75 Å². The van der Waals surface area contributed by atoms with E-state index >= 15 is 0 Å². The highest BCUT2D eigenvalue weighted by molar-refractivity contribution is 7.97. The number of ether oxygens (including phenoxy) is 1. The molecule has 0 bridgehead atoms. The minimum atomic E-state index is 0.0792. The van der Waals surface area contributed by atoms with Gasteiger partial charge in [-0.25, -0.2) is 0 Å². The molecule has 0 radical (unpaired) electrons. The molecule has 0 unspecified atom stereocenters. The molecule has 0 aliphatic heterocycles. The van der Waals surface area contributed by atoms with Gasteiger partial charge in [0.15, 0.2) is 0 Å². The van der Waals surface area contributed by atoms with Gasteiger partial charge >= 0.3 is 0 Å². The molecule has 2 aromatic carbocycles. The van der Waals surface area contributed by atoms with Gasteiger partial charge in [-0.2, -0.15) is 17.0 Å². The predicted molar refractivity (Wildman–Crippen MR) is 85.1 cm³/mol. The Hall–Kier alpha value is -1.96. The summed E-state index contributed by atoms with van der Waals surface area (Å²) in [6.07, 6.45) is 0. The molecule has 0 saturated carbocycles. The Morgan fingerprint density at radius 3 is 2.43 bits per heavy atom. The van der Waals surface area contributed by atoms with Crippen molar-refractivity contribution in [3.05, 3.63) is 64.7 Å². The van der Waals surface area contributed by atoms with Crippen LogP contribution >= 0.6 is 11.8 Å². The highest BCUT2D eigenvalue weighted by atomic mass is 32.2. The molecule has 2 aromatic rings. The standard InChI is InChI=1S/C17H17NO2S/c1-20-17-8-15(9-18)6-7-16(17)12-21-11-14-4-2-13(10-19)3-5-14/h2-8,19H,10-12H2,1H3. The number of rotatable bonds is 6. The van der Waals surface area contributed by atoms with Crippen molar-refractivity contribution in [1.29, 1.82) is 5.26 Å². The molecule has 3 nitrogen and oxygen atoms in total. The Morgan fingerprint density at radius 2 is 1.81 bits per heavy atom. The van der Waals surface area contributed by atoms with E-state index in [1.807, 2.05) is 36.4 Å². The van der Waals surface area contributed by atoms with Crippen molar-refractivity contribution in [2.45, 2.75) is 18.1 Å². The van der Waals surface area contributed by atoms with Crippen molar-refractivity contribution in [2.24, 2.45) is 0 Å². The Morgan fingerprint density at radius 1 is 1.10 bits per heavy atom. The molecule has 108 valence electrons. The fraction of sp³-hybridized carbons (Fsp3) is 0.235. The highest BCUT2D eigenvalue weighted by Gasteiger charge is 2.05. The van der Waals surface area contributed by atoms with E-state index in [9.17, 15) is 0 Å². The number of methoxy groups -OCH3 is 1. The molecule has 0 atom stereocenters. The monoisotopic (exact) mass is 299 g/mol. The number of hydrogen-bond donors (Lipinski definition) is 1. The molecule has 0 aliphatic rings. The SMILES string of the molecule is COc1cc(C#N)ccc1CSCc1ccc(CO)cc1. The van der Waals surface area contributed by atoms with E-state index < -0.39 is 0 Å². The molecule has 0 amide bonds. The summed E-state index contributed by atoms with van der Waals surface area (Å²) in [7, 11) is 1.62. The summed E-state index contributed by atoms with van der Waals surface area (Å²) in [5.74, 6) is 2.49. The zero-order chi connectivity index (χ0) is 15.1. The van der Waals surface area contributed by atoms with E-state index in [4.69, 9.17) is 15.1 Å². The van der Waals surface area contributed by atoms with Crippen molar-refractivity contribution >= 4 is 11.8 Å². The van der Waals surface area contributed by atoms with Crippen molar-refractivity contribution in [1.82, 2.24) is 0 Å². The second kappa shape index (κ2) is 7.72. The summed E-state index contributed by atoms with van der Waals surface area (Å²) in [6, 6.07) is 15.6. The molecular formula is C17H17NO2S. The lowest BCUT2D eigenvalue weighted by Crippen LogP contribution is -1.92. The number of benzene rings is 2. The van der Waals surface area contributed by atoms with Crippen LogP contribution in [-0.2, 0) is 18.1 Å². The van der Waals surface area contributed by atoms with E-state index in [1.54, 1.807) is 24.9 Å². The van der Waals surface area contributed by atoms with Crippen LogP contribution in [0, 0.1) is 11.3 Å². The summed E-state index contributed by atoms with van der Waals surface area (Å²) in [4.78, 5) is 0. The van der Waals surface area contributed by atoms with Crippen LogP contribution in [-0.4, -0.2) is 12.2 Å². The van der Waals surface area contributed by atoms with Gasteiger partial charge < -0.3 is 9.84 Å². The summed E-state index contributed by atoms with van der Waals surface area (Å²) in [6.45, 7) is 0.0792. The minimum absolute atomic E-state index is 0.0792. The molecule has 0 spiro atoms. The lowest BCUT2D eigenvalue weighted by atomic mass is 10.1. The second-order valence-corrected chi connectivity index (χ2v) is 5.59. The van der Waals surface area contributed by atoms with Crippen molar-refractivity contribution < 1.29 is 9.84 Å². The normalized spacial score (nSPS) is 10.1. The molecule has 0 fully saturated rings. The largest absolute Gasteiger partial charge is 0.496 e. The highest BCUT2D eigenvalue weighted by Crippen LogP contribution is 2.26. The van der Waals surface area contributed by atoms with Crippen LogP contribution in [0.3, 0.4) is 0 Å². The van der Waals surface area contributed by atoms with E-state index in [0.29, 0.717) is 5.56 Å². The number of aliphatic hydroxyl groups excluding tert-OH is 1. The van der Waals surface area contributed by atoms with Gasteiger partial charge in [0.05, 0.1) is 25.3 Å². The van der Waals surface area contributed by atoms with Crippen LogP contribution in [0.4, 0.5) is 0 Å². The third kappa shape index (κ3) is 4.25. The smallest absolute Gasteiger partial charge is 0.124 e. The maximum Gasteiger partial charge on any atom is 0.124 e. The van der Waals surface area contributed by atoms with Gasteiger partial charge in [-0.05, 0) is 23.3 Å². The quantitative estimate of drug-likeness (QED) is 0.887. The predicted octanol–water partition coefficient (Wildman–Crippen LogP) is 3.49. The Bertz CT molecular complexity index is 632. The maximum atomic E-state index is 9.01. The molecule has 0 aliphatic carbocycles. The topological polar surface area (TPSA) is 53.2 Å². The third-order valence-corrected chi connectivity index (χ3v) is 4.20. The van der Waals surface area contributed by atoms with Gasteiger partial charge in [0.1, 0.15) is 5.75 Å². The number of aliphatic hydroxyl groups is 1. The Labute approximate surface area is 129 Å². The second-order valence-electron chi connectivity index (χ2n) is 4.61. The molecule has 0 saturated heterocycles. The van der Waals surface area contributed by atoms with Crippen LogP contribution < -0.4 is 4.74 Å². The Balaban J connectivity index is 1.95. The fourth-order valence-corrected chi connectivity index (χ4v) is 2.94. The lowest BCUT2D eigenvalue weighted by Gasteiger charge is -2.09. The van der Waals surface area contributed by atoms with Gasteiger partial charge in [-0.3, -0.25) is 0 Å².